The summed E-state index contributed by atoms with van der Waals surface area (Å²) in [6.45, 7) is 3.06. The first-order valence-electron chi connectivity index (χ1n) is 0.901. The van der Waals surface area contributed by atoms with E-state index in [0.29, 0.717) is 0 Å². The van der Waals surface area contributed by atoms with Crippen LogP contribution in [0, 0.1) is 0 Å². The minimum Gasteiger partial charge on any atom is -0.419 e. The molecule has 0 aromatic carbocycles. The van der Waals surface area contributed by atoms with E-state index in [9.17, 15) is 0 Å². The number of carbonyl (C=O) groups excluding carboxylic acids is 1. The van der Waals surface area contributed by atoms with Crippen LogP contribution >= 0.6 is 0 Å². The van der Waals surface area contributed by atoms with Crippen molar-refractivity contribution in [3.05, 3.63) is 12.7 Å². The summed E-state index contributed by atoms with van der Waals surface area (Å²) in [6.07, 6.45) is 2.51. The molecule has 0 heterocycles. The molecule has 1 nitrogen and oxygen atoms in total. The summed E-state index contributed by atoms with van der Waals surface area (Å²) < 4.78 is 0. The SMILES string of the molecule is C=C[C-]=O.[Mn]. The Balaban J connectivity index is 0. The Kier molecular flexibility index (Phi) is 16.1. The maximum Gasteiger partial charge on any atom is 0 e. The van der Waals surface area contributed by atoms with E-state index in [0.717, 1.165) is 6.08 Å². The first kappa shape index (κ1) is 8.87. The Morgan fingerprint density at radius 1 is 1.80 bits per heavy atom. The van der Waals surface area contributed by atoms with Gasteiger partial charge < -0.3 is 4.79 Å². The number of hydrogen-bond donors (Lipinski definition) is 0. The van der Waals surface area contributed by atoms with E-state index < -0.39 is 0 Å². The molecule has 0 saturated carbocycles. The molecule has 0 spiro atoms. The summed E-state index contributed by atoms with van der Waals surface area (Å²) >= 11 is 0. The van der Waals surface area contributed by atoms with E-state index in [1.807, 2.05) is 0 Å². The number of rotatable bonds is 1. The monoisotopic (exact) mass is 110 g/mol. The van der Waals surface area contributed by atoms with E-state index >= 15 is 0 Å². The van der Waals surface area contributed by atoms with E-state index in [-0.39, 0.29) is 17.1 Å². The predicted molar refractivity (Wildman–Crippen MR) is 15.9 cm³/mol. The molecule has 0 aliphatic carbocycles. The molecule has 0 saturated heterocycles. The Hall–Kier alpha value is -0.0705. The normalized spacial score (nSPS) is 4.00. The molecule has 5 heavy (non-hydrogen) atoms. The van der Waals surface area contributed by atoms with Crippen molar-refractivity contribution in [3.63, 3.8) is 0 Å². The fourth-order valence-electron chi connectivity index (χ4n) is 0. The van der Waals surface area contributed by atoms with Gasteiger partial charge in [-0.2, -0.15) is 0 Å². The molecular weight excluding hydrogens is 107 g/mol. The van der Waals surface area contributed by atoms with E-state index in [1.54, 1.807) is 0 Å². The fourth-order valence-corrected chi connectivity index (χ4v) is 0. The third kappa shape index (κ3) is 16.9. The summed E-state index contributed by atoms with van der Waals surface area (Å²) in [5, 5.41) is 0. The molecule has 0 aromatic heterocycles. The molecule has 0 rings (SSSR count). The standard InChI is InChI=1S/C3H3O.Mn/c1-2-3-4;/h2H,1H2;/q-1;. The van der Waals surface area contributed by atoms with Gasteiger partial charge >= 0.3 is 0 Å². The molecule has 0 amide bonds. The van der Waals surface area contributed by atoms with Crippen LogP contribution in [0.2, 0.25) is 0 Å². The minimum atomic E-state index is 0. The summed E-state index contributed by atoms with van der Waals surface area (Å²) in [6, 6.07) is 0. The molecule has 0 N–H and O–H groups in total. The molecule has 0 atom stereocenters. The summed E-state index contributed by atoms with van der Waals surface area (Å²) in [7, 11) is 0. The topological polar surface area (TPSA) is 17.1 Å². The minimum absolute atomic E-state index is 0. The van der Waals surface area contributed by atoms with Crippen molar-refractivity contribution in [1.29, 1.82) is 0 Å². The van der Waals surface area contributed by atoms with Crippen LogP contribution in [0.1, 0.15) is 0 Å². The molecule has 0 unspecified atom stereocenters. The zero-order chi connectivity index (χ0) is 3.41. The van der Waals surface area contributed by atoms with Crippen molar-refractivity contribution < 1.29 is 21.9 Å². The summed E-state index contributed by atoms with van der Waals surface area (Å²) in [5.74, 6) is 0. The van der Waals surface area contributed by atoms with Gasteiger partial charge in [-0.3, -0.25) is 0 Å². The van der Waals surface area contributed by atoms with Gasteiger partial charge in [-0.05, 0) is 6.29 Å². The second kappa shape index (κ2) is 9.06. The molecule has 29 valence electrons. The summed E-state index contributed by atoms with van der Waals surface area (Å²) in [5.41, 5.74) is 0. The van der Waals surface area contributed by atoms with Crippen LogP contribution in [0.15, 0.2) is 12.7 Å². The van der Waals surface area contributed by atoms with Gasteiger partial charge in [-0.1, -0.05) is 0 Å². The maximum atomic E-state index is 8.93. The van der Waals surface area contributed by atoms with Crippen LogP contribution in [-0.2, 0) is 21.9 Å². The molecule has 0 bridgehead atoms. The molecule has 0 fully saturated rings. The van der Waals surface area contributed by atoms with Gasteiger partial charge in [-0.15, -0.1) is 0 Å². The van der Waals surface area contributed by atoms with Crippen LogP contribution in [0.25, 0.3) is 0 Å². The van der Waals surface area contributed by atoms with Crippen LogP contribution < -0.4 is 0 Å². The van der Waals surface area contributed by atoms with Gasteiger partial charge in [-0.25, -0.2) is 12.7 Å². The molecule has 0 aromatic rings. The van der Waals surface area contributed by atoms with Crippen molar-refractivity contribution in [1.82, 2.24) is 0 Å². The third-order valence-corrected chi connectivity index (χ3v) is 0.0833. The second-order valence-electron chi connectivity index (χ2n) is 0.322. The largest absolute Gasteiger partial charge is 0.419 e. The first-order chi connectivity index (χ1) is 1.91. The van der Waals surface area contributed by atoms with Gasteiger partial charge in [0.1, 0.15) is 0 Å². The quantitative estimate of drug-likeness (QED) is 0.269. The number of allylic oxidation sites excluding steroid dienone is 1. The Morgan fingerprint density at radius 3 is 2.00 bits per heavy atom. The van der Waals surface area contributed by atoms with Crippen molar-refractivity contribution in [2.24, 2.45) is 0 Å². The average Bonchev–Trinajstić information content (AvgIpc) is 1.37. The van der Waals surface area contributed by atoms with Crippen LogP contribution in [-0.4, -0.2) is 6.29 Å². The molecule has 0 aliphatic rings. The van der Waals surface area contributed by atoms with Crippen molar-refractivity contribution in [3.8, 4) is 0 Å². The molecule has 1 radical (unpaired) electrons. The smallest absolute Gasteiger partial charge is 0 e. The third-order valence-electron chi connectivity index (χ3n) is 0.0833. The van der Waals surface area contributed by atoms with Gasteiger partial charge in [0.15, 0.2) is 0 Å². The Morgan fingerprint density at radius 2 is 2.00 bits per heavy atom. The zero-order valence-corrected chi connectivity index (χ0v) is 3.75. The van der Waals surface area contributed by atoms with Gasteiger partial charge in [0.25, 0.3) is 0 Å². The Bertz CT molecular complexity index is 27.9. The fraction of sp³-hybridized carbons (Fsp3) is 0. The van der Waals surface area contributed by atoms with Crippen LogP contribution in [0.4, 0.5) is 0 Å². The van der Waals surface area contributed by atoms with Gasteiger partial charge in [0.2, 0.25) is 0 Å². The van der Waals surface area contributed by atoms with Crippen LogP contribution in [0.3, 0.4) is 0 Å². The van der Waals surface area contributed by atoms with Crippen molar-refractivity contribution in [2.75, 3.05) is 0 Å². The zero-order valence-electron chi connectivity index (χ0n) is 2.57. The van der Waals surface area contributed by atoms with Gasteiger partial charge in [0, 0.05) is 17.1 Å². The van der Waals surface area contributed by atoms with E-state index in [1.165, 1.54) is 6.29 Å². The Labute approximate surface area is 41.5 Å². The van der Waals surface area contributed by atoms with Gasteiger partial charge in [0.05, 0.1) is 0 Å². The van der Waals surface area contributed by atoms with Crippen molar-refractivity contribution in [2.45, 2.75) is 0 Å². The molecule has 0 aliphatic heterocycles. The molecule has 2 heteroatoms. The maximum absolute atomic E-state index is 8.93. The predicted octanol–water partition coefficient (Wildman–Crippen LogP) is 0.280. The van der Waals surface area contributed by atoms with Crippen LogP contribution in [0.5, 0.6) is 0 Å². The van der Waals surface area contributed by atoms with Crippen molar-refractivity contribution >= 4 is 6.29 Å². The average molecular weight is 110 g/mol. The summed E-state index contributed by atoms with van der Waals surface area (Å²) in [4.78, 5) is 8.93. The second-order valence-corrected chi connectivity index (χ2v) is 0.322. The van der Waals surface area contributed by atoms with E-state index in [4.69, 9.17) is 4.79 Å². The first-order valence-corrected chi connectivity index (χ1v) is 0.901. The number of hydrogen-bond acceptors (Lipinski definition) is 1. The molecular formula is C3H3MnO-. The van der Waals surface area contributed by atoms with E-state index in [2.05, 4.69) is 6.58 Å².